The molecule has 1 nitrogen and oxygen atoms in total. The van der Waals surface area contributed by atoms with Crippen LogP contribution in [-0.4, -0.2) is 12.5 Å². The molecule has 1 radical (unpaired) electrons. The quantitative estimate of drug-likeness (QED) is 0.667. The first-order valence-electron chi connectivity index (χ1n) is 2.98. The van der Waals surface area contributed by atoms with Crippen molar-refractivity contribution in [3.05, 3.63) is 28.2 Å². The van der Waals surface area contributed by atoms with Crippen molar-refractivity contribution in [3.8, 4) is 0 Å². The van der Waals surface area contributed by atoms with Crippen molar-refractivity contribution in [1.82, 2.24) is 0 Å². The van der Waals surface area contributed by atoms with E-state index in [1.54, 1.807) is 0 Å². The van der Waals surface area contributed by atoms with Crippen molar-refractivity contribution in [1.29, 1.82) is 0 Å². The third kappa shape index (κ3) is 1.41. The number of hydrogen-bond donors (Lipinski definition) is 1. The van der Waals surface area contributed by atoms with Crippen LogP contribution in [0.3, 0.4) is 0 Å². The van der Waals surface area contributed by atoms with E-state index >= 15 is 0 Å². The van der Waals surface area contributed by atoms with E-state index in [2.05, 4.69) is 15.9 Å². The Bertz CT molecular complexity index is 237. The molecule has 0 aliphatic rings. The predicted molar refractivity (Wildman–Crippen MR) is 46.5 cm³/mol. The Morgan fingerprint density at radius 2 is 2.20 bits per heavy atom. The normalized spacial score (nSPS) is 9.50. The fraction of sp³-hybridized carbons (Fsp3) is 0.143. The van der Waals surface area contributed by atoms with Crippen LogP contribution in [0.15, 0.2) is 22.7 Å². The Morgan fingerprint density at radius 1 is 1.50 bits per heavy atom. The number of halogens is 1. The van der Waals surface area contributed by atoms with Crippen LogP contribution in [0.25, 0.3) is 0 Å². The molecule has 0 aromatic heterocycles. The molecule has 1 rings (SSSR count). The first-order valence-corrected chi connectivity index (χ1v) is 3.77. The van der Waals surface area contributed by atoms with Gasteiger partial charge in [0, 0.05) is 4.47 Å². The molecule has 0 atom stereocenters. The summed E-state index contributed by atoms with van der Waals surface area (Å²) in [4.78, 5) is 0. The Morgan fingerprint density at radius 3 is 2.70 bits per heavy atom. The summed E-state index contributed by atoms with van der Waals surface area (Å²) in [5.41, 5.74) is 1.92. The molecular weight excluding hydrogens is 191 g/mol. The molecule has 0 bridgehead atoms. The van der Waals surface area contributed by atoms with Crippen LogP contribution in [0, 0.1) is 6.92 Å². The molecule has 51 valence electrons. The number of benzene rings is 1. The number of hydrogen-bond acceptors (Lipinski definition) is 1. The average molecular weight is 198 g/mol. The Hall–Kier alpha value is -0.275. The second-order valence-electron chi connectivity index (χ2n) is 2.08. The minimum Gasteiger partial charge on any atom is -0.450 e. The molecule has 0 aliphatic heterocycles. The smallest absolute Gasteiger partial charge is 0.327 e. The van der Waals surface area contributed by atoms with Gasteiger partial charge < -0.3 is 5.02 Å². The number of rotatable bonds is 1. The van der Waals surface area contributed by atoms with Crippen molar-refractivity contribution < 1.29 is 5.02 Å². The van der Waals surface area contributed by atoms with Gasteiger partial charge in [-0.25, -0.2) is 0 Å². The highest BCUT2D eigenvalue weighted by Gasteiger charge is 1.99. The van der Waals surface area contributed by atoms with E-state index in [0.29, 0.717) is 0 Å². The summed E-state index contributed by atoms with van der Waals surface area (Å²) < 4.78 is 1.02. The van der Waals surface area contributed by atoms with Gasteiger partial charge in [0.1, 0.15) is 0 Å². The molecule has 0 saturated carbocycles. The lowest BCUT2D eigenvalue weighted by atomic mass is 9.85. The van der Waals surface area contributed by atoms with E-state index in [4.69, 9.17) is 5.02 Å². The van der Waals surface area contributed by atoms with Crippen LogP contribution in [0.2, 0.25) is 0 Å². The summed E-state index contributed by atoms with van der Waals surface area (Å²) in [5.74, 6) is 0. The molecule has 1 N–H and O–H groups in total. The lowest BCUT2D eigenvalue weighted by Gasteiger charge is -2.01. The summed E-state index contributed by atoms with van der Waals surface area (Å²) >= 11 is 3.36. The highest BCUT2D eigenvalue weighted by Crippen LogP contribution is 2.11. The molecule has 0 amide bonds. The molecule has 0 saturated heterocycles. The molecular formula is C7H7BBrO. The van der Waals surface area contributed by atoms with Crippen molar-refractivity contribution >= 4 is 28.9 Å². The molecule has 0 spiro atoms. The van der Waals surface area contributed by atoms with Crippen LogP contribution in [0.1, 0.15) is 5.56 Å². The van der Waals surface area contributed by atoms with Gasteiger partial charge in [-0.1, -0.05) is 28.1 Å². The lowest BCUT2D eigenvalue weighted by Crippen LogP contribution is -2.16. The molecule has 0 aliphatic carbocycles. The van der Waals surface area contributed by atoms with Gasteiger partial charge in [-0.05, 0) is 24.0 Å². The minimum atomic E-state index is 0.856. The van der Waals surface area contributed by atoms with E-state index < -0.39 is 0 Å². The third-order valence-corrected chi connectivity index (χ3v) is 2.31. The van der Waals surface area contributed by atoms with Crippen LogP contribution in [0.5, 0.6) is 0 Å². The first kappa shape index (κ1) is 7.83. The lowest BCUT2D eigenvalue weighted by molar-refractivity contribution is 0.615. The van der Waals surface area contributed by atoms with Crippen molar-refractivity contribution in [3.63, 3.8) is 0 Å². The van der Waals surface area contributed by atoms with E-state index in [-0.39, 0.29) is 0 Å². The maximum atomic E-state index is 8.70. The average Bonchev–Trinajstić information content (AvgIpc) is 1.95. The standard InChI is InChI=1S/C7H7BBrO/c1-5-6(8-10)3-2-4-7(5)9/h2-4,10H,1H3. The fourth-order valence-corrected chi connectivity index (χ4v) is 1.15. The van der Waals surface area contributed by atoms with Crippen LogP contribution < -0.4 is 5.46 Å². The van der Waals surface area contributed by atoms with Gasteiger partial charge in [0.2, 0.25) is 0 Å². The van der Waals surface area contributed by atoms with Crippen LogP contribution in [0.4, 0.5) is 0 Å². The minimum absolute atomic E-state index is 0.856. The highest BCUT2D eigenvalue weighted by atomic mass is 79.9. The highest BCUT2D eigenvalue weighted by molar-refractivity contribution is 9.10. The van der Waals surface area contributed by atoms with E-state index in [1.807, 2.05) is 25.1 Å². The second kappa shape index (κ2) is 3.22. The molecule has 1 aromatic rings. The first-order chi connectivity index (χ1) is 4.75. The predicted octanol–water partition coefficient (Wildman–Crippen LogP) is 0.994. The van der Waals surface area contributed by atoms with E-state index in [0.717, 1.165) is 23.0 Å². The van der Waals surface area contributed by atoms with Crippen LogP contribution >= 0.6 is 15.9 Å². The van der Waals surface area contributed by atoms with Gasteiger partial charge in [0.25, 0.3) is 0 Å². The summed E-state index contributed by atoms with van der Waals surface area (Å²) in [6, 6.07) is 5.70. The molecule has 0 fully saturated rings. The zero-order valence-corrected chi connectivity index (χ0v) is 7.22. The summed E-state index contributed by atoms with van der Waals surface area (Å²) in [5, 5.41) is 8.70. The molecule has 3 heteroatoms. The molecule has 10 heavy (non-hydrogen) atoms. The SMILES string of the molecule is Cc1c(Br)cccc1[B]O. The van der Waals surface area contributed by atoms with Gasteiger partial charge in [-0.2, -0.15) is 0 Å². The third-order valence-electron chi connectivity index (χ3n) is 1.45. The van der Waals surface area contributed by atoms with Crippen molar-refractivity contribution in [2.75, 3.05) is 0 Å². The summed E-state index contributed by atoms with van der Waals surface area (Å²) in [6.45, 7) is 1.95. The van der Waals surface area contributed by atoms with Gasteiger partial charge >= 0.3 is 7.48 Å². The Kier molecular flexibility index (Phi) is 2.52. The molecule has 0 unspecified atom stereocenters. The summed E-state index contributed by atoms with van der Waals surface area (Å²) in [7, 11) is 1.11. The second-order valence-corrected chi connectivity index (χ2v) is 2.94. The van der Waals surface area contributed by atoms with Gasteiger partial charge in [-0.15, -0.1) is 0 Å². The largest absolute Gasteiger partial charge is 0.450 e. The summed E-state index contributed by atoms with van der Waals surface area (Å²) in [6.07, 6.45) is 0. The maximum absolute atomic E-state index is 8.70. The van der Waals surface area contributed by atoms with Crippen molar-refractivity contribution in [2.45, 2.75) is 6.92 Å². The van der Waals surface area contributed by atoms with Crippen molar-refractivity contribution in [2.24, 2.45) is 0 Å². The van der Waals surface area contributed by atoms with Gasteiger partial charge in [-0.3, -0.25) is 0 Å². The monoisotopic (exact) mass is 197 g/mol. The van der Waals surface area contributed by atoms with Crippen LogP contribution in [-0.2, 0) is 0 Å². The molecule has 1 aromatic carbocycles. The van der Waals surface area contributed by atoms with E-state index in [9.17, 15) is 0 Å². The van der Waals surface area contributed by atoms with E-state index in [1.165, 1.54) is 0 Å². The Labute approximate surface area is 69.5 Å². The zero-order chi connectivity index (χ0) is 7.56. The van der Waals surface area contributed by atoms with Gasteiger partial charge in [0.15, 0.2) is 0 Å². The Balaban J connectivity index is 3.14. The molecule has 0 heterocycles. The topological polar surface area (TPSA) is 20.2 Å². The fourth-order valence-electron chi connectivity index (χ4n) is 0.764. The zero-order valence-electron chi connectivity index (χ0n) is 5.63. The van der Waals surface area contributed by atoms with Gasteiger partial charge in [0.05, 0.1) is 0 Å². The maximum Gasteiger partial charge on any atom is 0.327 e.